The quantitative estimate of drug-likeness (QED) is 0.654. The van der Waals surface area contributed by atoms with Crippen LogP contribution in [-0.4, -0.2) is 43.9 Å². The standard InChI is InChI=1S/C14H23N3O3/c1-18-13-12(14(19-2)17-10-16-13)8-15-6-3-7-20-9-11-4-5-11/h10-11,15H,3-9H2,1-2H3. The lowest BCUT2D eigenvalue weighted by atomic mass is 10.3. The van der Waals surface area contributed by atoms with Gasteiger partial charge in [0.25, 0.3) is 0 Å². The van der Waals surface area contributed by atoms with Gasteiger partial charge in [-0.25, -0.2) is 9.97 Å². The van der Waals surface area contributed by atoms with Crippen molar-refractivity contribution in [1.29, 1.82) is 0 Å². The lowest BCUT2D eigenvalue weighted by Gasteiger charge is -2.11. The molecule has 1 heterocycles. The molecular formula is C14H23N3O3. The van der Waals surface area contributed by atoms with Crippen LogP contribution in [-0.2, 0) is 11.3 Å². The molecule has 2 rings (SSSR count). The van der Waals surface area contributed by atoms with Crippen LogP contribution in [0, 0.1) is 5.92 Å². The van der Waals surface area contributed by atoms with Gasteiger partial charge in [0.2, 0.25) is 11.8 Å². The molecule has 6 nitrogen and oxygen atoms in total. The highest BCUT2D eigenvalue weighted by Crippen LogP contribution is 2.28. The maximum Gasteiger partial charge on any atom is 0.224 e. The summed E-state index contributed by atoms with van der Waals surface area (Å²) < 4.78 is 16.0. The Kier molecular flexibility index (Phi) is 6.01. The second kappa shape index (κ2) is 8.01. The molecule has 1 aliphatic carbocycles. The van der Waals surface area contributed by atoms with Crippen LogP contribution < -0.4 is 14.8 Å². The molecule has 1 aromatic heterocycles. The molecule has 1 N–H and O–H groups in total. The fourth-order valence-electron chi connectivity index (χ4n) is 1.93. The van der Waals surface area contributed by atoms with E-state index in [4.69, 9.17) is 14.2 Å². The predicted octanol–water partition coefficient (Wildman–Crippen LogP) is 1.40. The SMILES string of the molecule is COc1ncnc(OC)c1CNCCCOCC1CC1. The molecule has 1 aliphatic rings. The minimum Gasteiger partial charge on any atom is -0.481 e. The van der Waals surface area contributed by atoms with Crippen LogP contribution in [0.3, 0.4) is 0 Å². The summed E-state index contributed by atoms with van der Waals surface area (Å²) in [5, 5.41) is 3.33. The van der Waals surface area contributed by atoms with Gasteiger partial charge in [0, 0.05) is 19.8 Å². The molecule has 1 aromatic rings. The summed E-state index contributed by atoms with van der Waals surface area (Å²) >= 11 is 0. The van der Waals surface area contributed by atoms with E-state index in [1.807, 2.05) is 0 Å². The normalized spacial score (nSPS) is 14.3. The Bertz CT molecular complexity index is 388. The first-order valence-electron chi connectivity index (χ1n) is 7.05. The van der Waals surface area contributed by atoms with Gasteiger partial charge in [0.1, 0.15) is 6.33 Å². The monoisotopic (exact) mass is 281 g/mol. The molecule has 112 valence electrons. The summed E-state index contributed by atoms with van der Waals surface area (Å²) in [5.74, 6) is 1.93. The largest absolute Gasteiger partial charge is 0.481 e. The van der Waals surface area contributed by atoms with Crippen LogP contribution in [0.15, 0.2) is 6.33 Å². The maximum absolute atomic E-state index is 5.59. The molecule has 1 saturated carbocycles. The second-order valence-corrected chi connectivity index (χ2v) is 4.92. The zero-order chi connectivity index (χ0) is 14.2. The zero-order valence-electron chi connectivity index (χ0n) is 12.2. The molecule has 20 heavy (non-hydrogen) atoms. The van der Waals surface area contributed by atoms with Crippen molar-refractivity contribution in [2.45, 2.75) is 25.8 Å². The fraction of sp³-hybridized carbons (Fsp3) is 0.714. The Morgan fingerprint density at radius 3 is 2.50 bits per heavy atom. The third-order valence-electron chi connectivity index (χ3n) is 3.25. The van der Waals surface area contributed by atoms with Crippen molar-refractivity contribution in [2.24, 2.45) is 5.92 Å². The Morgan fingerprint density at radius 2 is 1.90 bits per heavy atom. The molecule has 0 amide bonds. The summed E-state index contributed by atoms with van der Waals surface area (Å²) in [6.07, 6.45) is 5.11. The highest BCUT2D eigenvalue weighted by Gasteiger charge is 2.20. The molecule has 0 saturated heterocycles. The number of nitrogens with one attached hydrogen (secondary N) is 1. The van der Waals surface area contributed by atoms with Gasteiger partial charge < -0.3 is 19.5 Å². The minimum atomic E-state index is 0.550. The zero-order valence-corrected chi connectivity index (χ0v) is 12.2. The summed E-state index contributed by atoms with van der Waals surface area (Å²) in [6.45, 7) is 3.24. The van der Waals surface area contributed by atoms with Gasteiger partial charge in [-0.15, -0.1) is 0 Å². The summed E-state index contributed by atoms with van der Waals surface area (Å²) in [5.41, 5.74) is 0.844. The van der Waals surface area contributed by atoms with E-state index in [0.717, 1.165) is 37.7 Å². The van der Waals surface area contributed by atoms with Crippen molar-refractivity contribution in [3.63, 3.8) is 0 Å². The van der Waals surface area contributed by atoms with Crippen molar-refractivity contribution in [2.75, 3.05) is 34.0 Å². The van der Waals surface area contributed by atoms with Crippen molar-refractivity contribution < 1.29 is 14.2 Å². The summed E-state index contributed by atoms with van der Waals surface area (Å²) in [4.78, 5) is 8.16. The summed E-state index contributed by atoms with van der Waals surface area (Å²) in [7, 11) is 3.19. The lowest BCUT2D eigenvalue weighted by Crippen LogP contribution is -2.18. The number of rotatable bonds is 10. The Labute approximate surface area is 119 Å². The second-order valence-electron chi connectivity index (χ2n) is 4.92. The van der Waals surface area contributed by atoms with E-state index < -0.39 is 0 Å². The first kappa shape index (κ1) is 15.0. The van der Waals surface area contributed by atoms with Gasteiger partial charge in [-0.1, -0.05) is 0 Å². The average Bonchev–Trinajstić information content (AvgIpc) is 3.30. The van der Waals surface area contributed by atoms with E-state index in [1.165, 1.54) is 19.2 Å². The molecule has 0 bridgehead atoms. The van der Waals surface area contributed by atoms with Crippen LogP contribution in [0.25, 0.3) is 0 Å². The van der Waals surface area contributed by atoms with Gasteiger partial charge in [-0.2, -0.15) is 0 Å². The van der Waals surface area contributed by atoms with Gasteiger partial charge in [0.05, 0.1) is 19.8 Å². The number of methoxy groups -OCH3 is 2. The number of hydrogen-bond acceptors (Lipinski definition) is 6. The van der Waals surface area contributed by atoms with Crippen LogP contribution in [0.1, 0.15) is 24.8 Å². The van der Waals surface area contributed by atoms with E-state index in [0.29, 0.717) is 18.3 Å². The van der Waals surface area contributed by atoms with Crippen LogP contribution in [0.5, 0.6) is 11.8 Å². The van der Waals surface area contributed by atoms with Gasteiger partial charge in [-0.3, -0.25) is 0 Å². The molecular weight excluding hydrogens is 258 g/mol. The number of nitrogens with zero attached hydrogens (tertiary/aromatic N) is 2. The van der Waals surface area contributed by atoms with Crippen molar-refractivity contribution in [3.8, 4) is 11.8 Å². The van der Waals surface area contributed by atoms with Gasteiger partial charge in [0.15, 0.2) is 0 Å². The molecule has 0 aromatic carbocycles. The molecule has 6 heteroatoms. The maximum atomic E-state index is 5.59. The Balaban J connectivity index is 1.67. The Hall–Kier alpha value is -1.40. The smallest absolute Gasteiger partial charge is 0.224 e. The van der Waals surface area contributed by atoms with E-state index in [1.54, 1.807) is 14.2 Å². The third kappa shape index (κ3) is 4.61. The van der Waals surface area contributed by atoms with E-state index in [9.17, 15) is 0 Å². The van der Waals surface area contributed by atoms with Gasteiger partial charge in [-0.05, 0) is 31.7 Å². The highest BCUT2D eigenvalue weighted by molar-refractivity contribution is 5.34. The first-order valence-corrected chi connectivity index (χ1v) is 7.05. The molecule has 0 atom stereocenters. The van der Waals surface area contributed by atoms with Gasteiger partial charge >= 0.3 is 0 Å². The lowest BCUT2D eigenvalue weighted by molar-refractivity contribution is 0.122. The summed E-state index contributed by atoms with van der Waals surface area (Å²) in [6, 6.07) is 0. The number of ether oxygens (including phenoxy) is 3. The van der Waals surface area contributed by atoms with Crippen molar-refractivity contribution in [3.05, 3.63) is 11.9 Å². The van der Waals surface area contributed by atoms with E-state index in [-0.39, 0.29) is 0 Å². The van der Waals surface area contributed by atoms with Crippen LogP contribution in [0.4, 0.5) is 0 Å². The highest BCUT2D eigenvalue weighted by atomic mass is 16.5. The first-order chi connectivity index (χ1) is 9.85. The topological polar surface area (TPSA) is 65.5 Å². The average molecular weight is 281 g/mol. The van der Waals surface area contributed by atoms with Crippen LogP contribution in [0.2, 0.25) is 0 Å². The van der Waals surface area contributed by atoms with Crippen molar-refractivity contribution in [1.82, 2.24) is 15.3 Å². The van der Waals surface area contributed by atoms with E-state index >= 15 is 0 Å². The molecule has 0 unspecified atom stereocenters. The fourth-order valence-corrected chi connectivity index (χ4v) is 1.93. The molecule has 0 spiro atoms. The Morgan fingerprint density at radius 1 is 1.20 bits per heavy atom. The molecule has 1 fully saturated rings. The number of hydrogen-bond donors (Lipinski definition) is 1. The van der Waals surface area contributed by atoms with Crippen LogP contribution >= 0.6 is 0 Å². The predicted molar refractivity (Wildman–Crippen MR) is 75.0 cm³/mol. The van der Waals surface area contributed by atoms with Crippen molar-refractivity contribution >= 4 is 0 Å². The molecule has 0 aliphatic heterocycles. The number of aromatic nitrogens is 2. The minimum absolute atomic E-state index is 0.550. The molecule has 0 radical (unpaired) electrons. The van der Waals surface area contributed by atoms with E-state index in [2.05, 4.69) is 15.3 Å². The third-order valence-corrected chi connectivity index (χ3v) is 3.25.